The fourth-order valence-corrected chi connectivity index (χ4v) is 4.51. The molecular formula is C33H54O6. The number of unbranched alkanes of at least 4 members (excludes halogenated alkanes) is 9. The molecule has 6 heteroatoms. The molecule has 0 unspecified atom stereocenters. The van der Waals surface area contributed by atoms with E-state index in [1.54, 1.807) is 0 Å². The van der Waals surface area contributed by atoms with Crippen molar-refractivity contribution in [2.24, 2.45) is 0 Å². The first-order chi connectivity index (χ1) is 18.7. The fraction of sp³-hybridized carbons (Fsp3) is 0.727. The first-order valence-corrected chi connectivity index (χ1v) is 15.5. The van der Waals surface area contributed by atoms with Gasteiger partial charge in [-0.15, -0.1) is 0 Å². The molecule has 0 radical (unpaired) electrons. The summed E-state index contributed by atoms with van der Waals surface area (Å²) < 4.78 is 17.0. The van der Waals surface area contributed by atoms with Crippen LogP contribution in [0.4, 0.5) is 0 Å². The maximum Gasteiger partial charge on any atom is 0.339 e. The summed E-state index contributed by atoms with van der Waals surface area (Å²) in [4.78, 5) is 39.2. The van der Waals surface area contributed by atoms with Gasteiger partial charge in [-0.3, -0.25) is 0 Å². The van der Waals surface area contributed by atoms with Gasteiger partial charge in [-0.05, 0) is 77.5 Å². The van der Waals surface area contributed by atoms with E-state index in [2.05, 4.69) is 20.8 Å². The summed E-state index contributed by atoms with van der Waals surface area (Å²) in [5.74, 6) is -1.71. The van der Waals surface area contributed by atoms with E-state index in [4.69, 9.17) is 14.2 Å². The largest absolute Gasteiger partial charge is 0.459 e. The van der Waals surface area contributed by atoms with Crippen LogP contribution in [0.5, 0.6) is 0 Å². The zero-order valence-electron chi connectivity index (χ0n) is 25.5. The molecule has 3 atom stereocenters. The first-order valence-electron chi connectivity index (χ1n) is 15.5. The zero-order chi connectivity index (χ0) is 29.0. The number of benzene rings is 1. The van der Waals surface area contributed by atoms with Gasteiger partial charge in [-0.1, -0.05) is 78.6 Å². The molecule has 0 saturated heterocycles. The van der Waals surface area contributed by atoms with E-state index in [9.17, 15) is 14.4 Å². The number of hydrogen-bond acceptors (Lipinski definition) is 6. The first kappa shape index (κ1) is 34.7. The second-order valence-corrected chi connectivity index (χ2v) is 11.0. The van der Waals surface area contributed by atoms with Crippen LogP contribution < -0.4 is 0 Å². The smallest absolute Gasteiger partial charge is 0.339 e. The molecular weight excluding hydrogens is 492 g/mol. The number of ether oxygens (including phenoxy) is 3. The number of carbonyl (C=O) groups excluding carboxylic acids is 3. The summed E-state index contributed by atoms with van der Waals surface area (Å²) in [7, 11) is 0. The minimum atomic E-state index is -0.622. The van der Waals surface area contributed by atoms with E-state index < -0.39 is 17.9 Å². The predicted octanol–water partition coefficient (Wildman–Crippen LogP) is 9.23. The lowest BCUT2D eigenvalue weighted by Crippen LogP contribution is -2.22. The molecule has 0 fully saturated rings. The molecule has 0 aromatic heterocycles. The molecule has 0 aliphatic carbocycles. The lowest BCUT2D eigenvalue weighted by molar-refractivity contribution is 0.0267. The highest BCUT2D eigenvalue weighted by molar-refractivity contribution is 6.05. The van der Waals surface area contributed by atoms with Crippen LogP contribution >= 0.6 is 0 Å². The summed E-state index contributed by atoms with van der Waals surface area (Å²) in [5, 5.41) is 0. The molecule has 0 amide bonds. The standard InChI is InChI=1S/C33H54O6/c1-7-10-13-16-19-25(4)37-31(34)28-22-23-29(32(35)38-26(5)20-17-14-11-8-2)30(24-28)33(36)39-27(6)21-18-15-12-9-3/h22-27H,7-21H2,1-6H3/t25-,26+,27+/m0/s1. The van der Waals surface area contributed by atoms with Gasteiger partial charge in [0.25, 0.3) is 0 Å². The second kappa shape index (κ2) is 20.5. The van der Waals surface area contributed by atoms with Crippen LogP contribution in [0.25, 0.3) is 0 Å². The minimum Gasteiger partial charge on any atom is -0.459 e. The van der Waals surface area contributed by atoms with E-state index >= 15 is 0 Å². The van der Waals surface area contributed by atoms with Crippen LogP contribution in [0, 0.1) is 0 Å². The summed E-state index contributed by atoms with van der Waals surface area (Å²) >= 11 is 0. The Morgan fingerprint density at radius 1 is 0.538 bits per heavy atom. The van der Waals surface area contributed by atoms with Crippen LogP contribution in [0.2, 0.25) is 0 Å². The maximum absolute atomic E-state index is 13.2. The number of carbonyl (C=O) groups is 3. The molecule has 0 heterocycles. The molecule has 0 aliphatic rings. The molecule has 1 rings (SSSR count). The minimum absolute atomic E-state index is 0.0450. The van der Waals surface area contributed by atoms with Crippen molar-refractivity contribution >= 4 is 17.9 Å². The normalized spacial score (nSPS) is 13.4. The van der Waals surface area contributed by atoms with Crippen molar-refractivity contribution < 1.29 is 28.6 Å². The Kier molecular flexibility index (Phi) is 18.2. The number of hydrogen-bond donors (Lipinski definition) is 0. The molecule has 0 spiro atoms. The van der Waals surface area contributed by atoms with Gasteiger partial charge in [0.2, 0.25) is 0 Å². The van der Waals surface area contributed by atoms with Crippen LogP contribution in [0.3, 0.4) is 0 Å². The van der Waals surface area contributed by atoms with Gasteiger partial charge in [-0.25, -0.2) is 14.4 Å². The lowest BCUT2D eigenvalue weighted by atomic mass is 10.0. The van der Waals surface area contributed by atoms with E-state index in [0.29, 0.717) is 0 Å². The monoisotopic (exact) mass is 546 g/mol. The number of esters is 3. The Hall–Kier alpha value is -2.37. The van der Waals surface area contributed by atoms with Gasteiger partial charge in [0.1, 0.15) is 0 Å². The van der Waals surface area contributed by atoms with E-state index in [1.165, 1.54) is 18.2 Å². The van der Waals surface area contributed by atoms with Gasteiger partial charge in [0.05, 0.1) is 35.0 Å². The second-order valence-electron chi connectivity index (χ2n) is 11.0. The molecule has 1 aromatic rings. The Labute approximate surface area is 237 Å². The molecule has 0 bridgehead atoms. The molecule has 0 saturated carbocycles. The molecule has 0 N–H and O–H groups in total. The summed E-state index contributed by atoms with van der Waals surface area (Å²) in [6, 6.07) is 4.43. The van der Waals surface area contributed by atoms with E-state index in [1.807, 2.05) is 20.8 Å². The fourth-order valence-electron chi connectivity index (χ4n) is 4.51. The van der Waals surface area contributed by atoms with Gasteiger partial charge in [-0.2, -0.15) is 0 Å². The molecule has 0 aliphatic heterocycles. The van der Waals surface area contributed by atoms with Crippen molar-refractivity contribution in [1.29, 1.82) is 0 Å². The average molecular weight is 547 g/mol. The van der Waals surface area contributed by atoms with Gasteiger partial charge >= 0.3 is 17.9 Å². The SMILES string of the molecule is CCCCCC[C@@H](C)OC(=O)c1ccc(C(=O)O[C@@H](C)CCCCCC)cc1C(=O)O[C@H](C)CCCCCC. The topological polar surface area (TPSA) is 78.9 Å². The van der Waals surface area contributed by atoms with Crippen LogP contribution in [0.15, 0.2) is 18.2 Å². The zero-order valence-corrected chi connectivity index (χ0v) is 25.5. The molecule has 39 heavy (non-hydrogen) atoms. The third-order valence-electron chi connectivity index (χ3n) is 7.01. The van der Waals surface area contributed by atoms with E-state index in [-0.39, 0.29) is 35.0 Å². The van der Waals surface area contributed by atoms with Gasteiger partial charge in [0.15, 0.2) is 0 Å². The Morgan fingerprint density at radius 3 is 1.33 bits per heavy atom. The van der Waals surface area contributed by atoms with Gasteiger partial charge in [0, 0.05) is 0 Å². The summed E-state index contributed by atoms with van der Waals surface area (Å²) in [5.41, 5.74) is 0.383. The summed E-state index contributed by atoms with van der Waals surface area (Å²) in [6.07, 6.45) is 14.6. The van der Waals surface area contributed by atoms with Crippen LogP contribution in [-0.4, -0.2) is 36.2 Å². The highest BCUT2D eigenvalue weighted by Crippen LogP contribution is 2.20. The van der Waals surface area contributed by atoms with Crippen molar-refractivity contribution in [3.63, 3.8) is 0 Å². The number of rotatable bonds is 21. The summed E-state index contributed by atoms with van der Waals surface area (Å²) in [6.45, 7) is 12.1. The van der Waals surface area contributed by atoms with Crippen molar-refractivity contribution in [3.8, 4) is 0 Å². The van der Waals surface area contributed by atoms with Crippen LogP contribution in [0.1, 0.15) is 169 Å². The molecule has 222 valence electrons. The lowest BCUT2D eigenvalue weighted by Gasteiger charge is -2.18. The third kappa shape index (κ3) is 14.5. The molecule has 1 aromatic carbocycles. The Bertz CT molecular complexity index is 849. The quantitative estimate of drug-likeness (QED) is 0.0868. The Morgan fingerprint density at radius 2 is 0.923 bits per heavy atom. The predicted molar refractivity (Wildman–Crippen MR) is 157 cm³/mol. The average Bonchev–Trinajstić information content (AvgIpc) is 2.91. The van der Waals surface area contributed by atoms with Crippen molar-refractivity contribution in [2.45, 2.75) is 156 Å². The molecule has 6 nitrogen and oxygen atoms in total. The Balaban J connectivity index is 3.00. The maximum atomic E-state index is 13.2. The van der Waals surface area contributed by atoms with Crippen molar-refractivity contribution in [3.05, 3.63) is 34.9 Å². The van der Waals surface area contributed by atoms with Gasteiger partial charge < -0.3 is 14.2 Å². The highest BCUT2D eigenvalue weighted by atomic mass is 16.6. The van der Waals surface area contributed by atoms with Crippen LogP contribution in [-0.2, 0) is 14.2 Å². The third-order valence-corrected chi connectivity index (χ3v) is 7.01. The van der Waals surface area contributed by atoms with Crippen molar-refractivity contribution in [1.82, 2.24) is 0 Å². The van der Waals surface area contributed by atoms with Crippen molar-refractivity contribution in [2.75, 3.05) is 0 Å². The highest BCUT2D eigenvalue weighted by Gasteiger charge is 2.25. The van der Waals surface area contributed by atoms with E-state index in [0.717, 1.165) is 96.3 Å².